The van der Waals surface area contributed by atoms with E-state index in [0.29, 0.717) is 5.56 Å². The Balaban J connectivity index is 2.16. The summed E-state index contributed by atoms with van der Waals surface area (Å²) < 4.78 is 26.8. The maximum Gasteiger partial charge on any atom is 0.128 e. The molecule has 0 spiro atoms. The fourth-order valence-corrected chi connectivity index (χ4v) is 2.29. The van der Waals surface area contributed by atoms with Crippen molar-refractivity contribution >= 4 is 0 Å². The third-order valence-corrected chi connectivity index (χ3v) is 3.33. The Bertz CT molecular complexity index is 374. The predicted octanol–water partition coefficient (Wildman–Crippen LogP) is 2.32. The van der Waals surface area contributed by atoms with Crippen molar-refractivity contribution in [2.24, 2.45) is 0 Å². The van der Waals surface area contributed by atoms with Crippen molar-refractivity contribution in [3.8, 4) is 0 Å². The van der Waals surface area contributed by atoms with E-state index in [0.717, 1.165) is 38.7 Å². The van der Waals surface area contributed by atoms with Gasteiger partial charge in [0, 0.05) is 24.7 Å². The summed E-state index contributed by atoms with van der Waals surface area (Å²) in [6.07, 6.45) is 1.04. The van der Waals surface area contributed by atoms with Crippen LogP contribution in [0.2, 0.25) is 0 Å². The molecule has 0 aromatic heterocycles. The first-order valence-corrected chi connectivity index (χ1v) is 6.08. The number of nitrogens with zero attached hydrogens (tertiary/aromatic N) is 1. The van der Waals surface area contributed by atoms with Crippen LogP contribution in [0.3, 0.4) is 0 Å². The summed E-state index contributed by atoms with van der Waals surface area (Å²) in [5.41, 5.74) is 0.451. The third kappa shape index (κ3) is 3.01. The van der Waals surface area contributed by atoms with E-state index >= 15 is 0 Å². The van der Waals surface area contributed by atoms with E-state index in [1.54, 1.807) is 0 Å². The molecule has 1 heterocycles. The highest BCUT2D eigenvalue weighted by molar-refractivity contribution is 5.22. The van der Waals surface area contributed by atoms with Gasteiger partial charge in [-0.1, -0.05) is 0 Å². The Morgan fingerprint density at radius 1 is 1.24 bits per heavy atom. The van der Waals surface area contributed by atoms with Crippen molar-refractivity contribution in [1.82, 2.24) is 10.2 Å². The summed E-state index contributed by atoms with van der Waals surface area (Å²) in [7, 11) is 0. The molecule has 0 bridgehead atoms. The molecule has 1 aliphatic heterocycles. The molecule has 0 radical (unpaired) electrons. The molecule has 2 nitrogen and oxygen atoms in total. The van der Waals surface area contributed by atoms with Crippen LogP contribution >= 0.6 is 0 Å². The van der Waals surface area contributed by atoms with Crippen LogP contribution in [0.25, 0.3) is 0 Å². The van der Waals surface area contributed by atoms with Gasteiger partial charge in [-0.2, -0.15) is 0 Å². The van der Waals surface area contributed by atoms with Crippen LogP contribution in [-0.4, -0.2) is 31.1 Å². The standard InChI is InChI=1S/C13H18F2N2/c1-10(17-7-2-5-16-6-8-17)12-9-11(14)3-4-13(12)15/h3-4,9-10,16H,2,5-8H2,1H3. The molecule has 1 aliphatic rings. The first-order chi connectivity index (χ1) is 8.18. The van der Waals surface area contributed by atoms with E-state index in [9.17, 15) is 8.78 Å². The molecule has 1 unspecified atom stereocenters. The number of hydrogen-bond acceptors (Lipinski definition) is 2. The number of benzene rings is 1. The van der Waals surface area contributed by atoms with E-state index in [1.807, 2.05) is 6.92 Å². The predicted molar refractivity (Wildman–Crippen MR) is 63.8 cm³/mol. The molecule has 4 heteroatoms. The van der Waals surface area contributed by atoms with Crippen LogP contribution in [-0.2, 0) is 0 Å². The van der Waals surface area contributed by atoms with Gasteiger partial charge in [0.15, 0.2) is 0 Å². The second-order valence-electron chi connectivity index (χ2n) is 4.48. The first-order valence-electron chi connectivity index (χ1n) is 6.08. The van der Waals surface area contributed by atoms with Crippen molar-refractivity contribution in [3.63, 3.8) is 0 Å². The van der Waals surface area contributed by atoms with Gasteiger partial charge in [-0.3, -0.25) is 4.90 Å². The third-order valence-electron chi connectivity index (χ3n) is 3.33. The lowest BCUT2D eigenvalue weighted by Crippen LogP contribution is -2.31. The highest BCUT2D eigenvalue weighted by Gasteiger charge is 2.20. The molecule has 1 aromatic rings. The lowest BCUT2D eigenvalue weighted by molar-refractivity contribution is 0.220. The molecular weight excluding hydrogens is 222 g/mol. The van der Waals surface area contributed by atoms with Crippen molar-refractivity contribution in [2.75, 3.05) is 26.2 Å². The zero-order valence-corrected chi connectivity index (χ0v) is 10.0. The van der Waals surface area contributed by atoms with Gasteiger partial charge in [0.05, 0.1) is 0 Å². The Labute approximate surface area is 101 Å². The van der Waals surface area contributed by atoms with Crippen molar-refractivity contribution < 1.29 is 8.78 Å². The Kier molecular flexibility index (Phi) is 4.07. The smallest absolute Gasteiger partial charge is 0.128 e. The summed E-state index contributed by atoms with van der Waals surface area (Å²) in [4.78, 5) is 2.19. The monoisotopic (exact) mass is 240 g/mol. The summed E-state index contributed by atoms with van der Waals surface area (Å²) in [5, 5.41) is 3.30. The summed E-state index contributed by atoms with van der Waals surface area (Å²) in [5.74, 6) is -0.697. The summed E-state index contributed by atoms with van der Waals surface area (Å²) >= 11 is 0. The zero-order chi connectivity index (χ0) is 12.3. The molecule has 0 saturated carbocycles. The highest BCUT2D eigenvalue weighted by atomic mass is 19.1. The van der Waals surface area contributed by atoms with Crippen LogP contribution in [0.15, 0.2) is 18.2 Å². The number of hydrogen-bond donors (Lipinski definition) is 1. The molecule has 0 amide bonds. The highest BCUT2D eigenvalue weighted by Crippen LogP contribution is 2.24. The zero-order valence-electron chi connectivity index (χ0n) is 10.0. The maximum atomic E-state index is 13.7. The summed E-state index contributed by atoms with van der Waals surface area (Å²) in [6, 6.07) is 3.59. The molecule has 1 N–H and O–H groups in total. The SMILES string of the molecule is CC(c1cc(F)ccc1F)N1CCCNCC1. The second-order valence-corrected chi connectivity index (χ2v) is 4.48. The maximum absolute atomic E-state index is 13.7. The largest absolute Gasteiger partial charge is 0.315 e. The van der Waals surface area contributed by atoms with Crippen molar-refractivity contribution in [3.05, 3.63) is 35.4 Å². The average molecular weight is 240 g/mol. The quantitative estimate of drug-likeness (QED) is 0.853. The molecule has 2 rings (SSSR count). The van der Waals surface area contributed by atoms with Crippen LogP contribution in [0.4, 0.5) is 8.78 Å². The van der Waals surface area contributed by atoms with Gasteiger partial charge >= 0.3 is 0 Å². The normalized spacial score (nSPS) is 19.9. The minimum Gasteiger partial charge on any atom is -0.315 e. The molecule has 1 atom stereocenters. The van der Waals surface area contributed by atoms with Gasteiger partial charge < -0.3 is 5.32 Å². The number of rotatable bonds is 2. The fraction of sp³-hybridized carbons (Fsp3) is 0.538. The Morgan fingerprint density at radius 3 is 2.88 bits per heavy atom. The summed E-state index contributed by atoms with van der Waals surface area (Å²) in [6.45, 7) is 5.63. The van der Waals surface area contributed by atoms with Gasteiger partial charge in [-0.25, -0.2) is 8.78 Å². The molecule has 1 saturated heterocycles. The molecule has 1 fully saturated rings. The lowest BCUT2D eigenvalue weighted by Gasteiger charge is -2.27. The van der Waals surface area contributed by atoms with Gasteiger partial charge in [-0.05, 0) is 44.6 Å². The van der Waals surface area contributed by atoms with E-state index in [4.69, 9.17) is 0 Å². The minimum absolute atomic E-state index is 0.0781. The molecular formula is C13H18F2N2. The lowest BCUT2D eigenvalue weighted by atomic mass is 10.1. The van der Waals surface area contributed by atoms with Gasteiger partial charge in [-0.15, -0.1) is 0 Å². The first kappa shape index (κ1) is 12.5. The van der Waals surface area contributed by atoms with Crippen molar-refractivity contribution in [2.45, 2.75) is 19.4 Å². The molecule has 17 heavy (non-hydrogen) atoms. The van der Waals surface area contributed by atoms with Crippen LogP contribution in [0, 0.1) is 11.6 Å². The van der Waals surface area contributed by atoms with E-state index in [-0.39, 0.29) is 17.7 Å². The fourth-order valence-electron chi connectivity index (χ4n) is 2.29. The molecule has 94 valence electrons. The van der Waals surface area contributed by atoms with Gasteiger partial charge in [0.25, 0.3) is 0 Å². The van der Waals surface area contributed by atoms with E-state index < -0.39 is 0 Å². The topological polar surface area (TPSA) is 15.3 Å². The number of halogens is 2. The van der Waals surface area contributed by atoms with Crippen molar-refractivity contribution in [1.29, 1.82) is 0 Å². The average Bonchev–Trinajstić information content (AvgIpc) is 2.60. The van der Waals surface area contributed by atoms with Gasteiger partial charge in [0.2, 0.25) is 0 Å². The van der Waals surface area contributed by atoms with Gasteiger partial charge in [0.1, 0.15) is 11.6 Å². The Hall–Kier alpha value is -1.00. The van der Waals surface area contributed by atoms with Crippen LogP contribution < -0.4 is 5.32 Å². The van der Waals surface area contributed by atoms with Crippen LogP contribution in [0.5, 0.6) is 0 Å². The molecule has 1 aromatic carbocycles. The van der Waals surface area contributed by atoms with Crippen LogP contribution in [0.1, 0.15) is 24.9 Å². The van der Waals surface area contributed by atoms with E-state index in [2.05, 4.69) is 10.2 Å². The number of nitrogens with one attached hydrogen (secondary N) is 1. The minimum atomic E-state index is -0.374. The molecule has 0 aliphatic carbocycles. The van der Waals surface area contributed by atoms with E-state index in [1.165, 1.54) is 12.1 Å². The second kappa shape index (κ2) is 5.56. The Morgan fingerprint density at radius 2 is 2.06 bits per heavy atom.